The second-order valence-corrected chi connectivity index (χ2v) is 19.3. The highest BCUT2D eigenvalue weighted by Crippen LogP contribution is 2.35. The van der Waals surface area contributed by atoms with Crippen LogP contribution < -0.4 is 9.80 Å². The summed E-state index contributed by atoms with van der Waals surface area (Å²) in [4.78, 5) is 60.7. The summed E-state index contributed by atoms with van der Waals surface area (Å²) >= 11 is 3.39. The van der Waals surface area contributed by atoms with E-state index in [0.717, 1.165) is 15.4 Å². The number of pyridine rings is 2. The van der Waals surface area contributed by atoms with Crippen LogP contribution in [0.4, 0.5) is 47.3 Å². The third kappa shape index (κ3) is 14.4. The molecule has 2 aromatic carbocycles. The minimum absolute atomic E-state index is 0.159. The van der Waals surface area contributed by atoms with Crippen LogP contribution in [-0.2, 0) is 18.9 Å². The first-order chi connectivity index (χ1) is 33.4. The van der Waals surface area contributed by atoms with Gasteiger partial charge in [-0.15, -0.1) is 0 Å². The molecule has 0 aliphatic rings. The van der Waals surface area contributed by atoms with Crippen LogP contribution in [0.3, 0.4) is 0 Å². The molecule has 2 amide bonds. The molecule has 72 heavy (non-hydrogen) atoms. The Hall–Kier alpha value is -6.90. The third-order valence-corrected chi connectivity index (χ3v) is 10.9. The van der Waals surface area contributed by atoms with Crippen molar-refractivity contribution < 1.29 is 64.5 Å². The van der Waals surface area contributed by atoms with Gasteiger partial charge in [-0.1, -0.05) is 24.3 Å². The number of imidazole rings is 2. The number of rotatable bonds is 11. The number of allylic oxidation sites excluding steroid dienone is 1. The van der Waals surface area contributed by atoms with Crippen molar-refractivity contribution in [2.75, 3.05) is 37.1 Å². The van der Waals surface area contributed by atoms with Gasteiger partial charge in [0, 0.05) is 41.1 Å². The fraction of sp³-hybridized carbons (Fsp3) is 0.373. The Labute approximate surface area is 420 Å². The van der Waals surface area contributed by atoms with Crippen molar-refractivity contribution in [1.82, 2.24) is 18.8 Å². The Kier molecular flexibility index (Phi) is 17.3. The molecule has 21 heteroatoms. The van der Waals surface area contributed by atoms with Gasteiger partial charge in [0.2, 0.25) is 0 Å². The summed E-state index contributed by atoms with van der Waals surface area (Å²) in [6.07, 6.45) is -3.04. The van der Waals surface area contributed by atoms with Crippen molar-refractivity contribution in [3.63, 3.8) is 0 Å². The number of amides is 2. The highest BCUT2D eigenvalue weighted by Gasteiger charge is 2.35. The van der Waals surface area contributed by atoms with Crippen molar-refractivity contribution in [1.29, 1.82) is 0 Å². The Morgan fingerprint density at radius 3 is 1.40 bits per heavy atom. The van der Waals surface area contributed by atoms with Crippen molar-refractivity contribution in [2.45, 2.75) is 98.7 Å². The van der Waals surface area contributed by atoms with Gasteiger partial charge in [0.15, 0.2) is 11.3 Å². The van der Waals surface area contributed by atoms with Crippen molar-refractivity contribution >= 4 is 68.8 Å². The number of benzene rings is 2. The topological polar surface area (TPSA) is 146 Å². The van der Waals surface area contributed by atoms with Gasteiger partial charge in [0.05, 0.1) is 73.3 Å². The second kappa shape index (κ2) is 22.3. The summed E-state index contributed by atoms with van der Waals surface area (Å²) in [7, 11) is 2.61. The zero-order chi connectivity index (χ0) is 53.7. The number of methoxy groups -OCH3 is 2. The number of carbonyl (C=O) groups excluding carboxylic acids is 4. The van der Waals surface area contributed by atoms with Gasteiger partial charge in [-0.05, 0) is 131 Å². The summed E-state index contributed by atoms with van der Waals surface area (Å²) in [6.45, 7) is 13.9. The summed E-state index contributed by atoms with van der Waals surface area (Å²) in [5, 5.41) is 0. The van der Waals surface area contributed by atoms with E-state index in [1.807, 2.05) is 6.92 Å². The molecule has 0 saturated heterocycles. The normalized spacial score (nSPS) is 12.1. The van der Waals surface area contributed by atoms with Crippen molar-refractivity contribution in [2.24, 2.45) is 0 Å². The number of halogens is 7. The van der Waals surface area contributed by atoms with Gasteiger partial charge in [-0.2, -0.15) is 26.3 Å². The molecule has 0 radical (unpaired) electrons. The molecule has 6 rings (SSSR count). The van der Waals surface area contributed by atoms with Crippen LogP contribution in [0.1, 0.15) is 98.7 Å². The number of anilines is 2. The van der Waals surface area contributed by atoms with E-state index in [-0.39, 0.29) is 22.7 Å². The van der Waals surface area contributed by atoms with Crippen LogP contribution in [0.25, 0.3) is 39.9 Å². The number of ether oxygens (including phenoxy) is 4. The number of hydrogen-bond donors (Lipinski definition) is 0. The molecule has 14 nitrogen and oxygen atoms in total. The molecule has 0 aliphatic heterocycles. The third-order valence-electron chi connectivity index (χ3n) is 10.4. The summed E-state index contributed by atoms with van der Waals surface area (Å²) < 4.78 is 103. The molecule has 386 valence electrons. The molecule has 0 fully saturated rings. The highest BCUT2D eigenvalue weighted by molar-refractivity contribution is 9.10. The Balaban J connectivity index is 0.000000268. The number of nitrogens with zero attached hydrogens (tertiary/aromatic N) is 6. The van der Waals surface area contributed by atoms with Crippen LogP contribution in [0.2, 0.25) is 0 Å². The van der Waals surface area contributed by atoms with Gasteiger partial charge in [0.25, 0.3) is 0 Å². The van der Waals surface area contributed by atoms with E-state index in [1.165, 1.54) is 20.3 Å². The molecule has 4 aromatic heterocycles. The summed E-state index contributed by atoms with van der Waals surface area (Å²) in [5.74, 6) is -0.924. The smallest absolute Gasteiger partial charge is 0.414 e. The van der Waals surface area contributed by atoms with E-state index < -0.39 is 73.6 Å². The maximum absolute atomic E-state index is 13.2. The SMILES string of the molecule is C/C=C/c1cc(N(CCC(F)(F)F)C(=O)OC(C)(C)C)c2ncc(-c3ccc(C(=O)OC)c(C)c3)n2c1.COC(=O)c1ccc(-c2cnc3c(N(CCC(F)(F)F)C(=O)OC(C)(C)C)cc(Br)cn23)cc1C. The van der Waals surface area contributed by atoms with E-state index in [1.54, 1.807) is 144 Å². The Bertz CT molecular complexity index is 3000. The monoisotopic (exact) mass is 1070 g/mol. The fourth-order valence-electron chi connectivity index (χ4n) is 7.29. The standard InChI is InChI=1S/C27H30F3N3O4.C24H25BrF3N3O4/c1-7-8-18-14-21(32(12-11-27(28,29)30)25(35)37-26(3,4)5)23-31-15-22(33(23)16-18)19-9-10-20(17(2)13-19)24(34)36-6;1-14-10-15(6-7-17(14)21(32)34-5)19-12-29-20-18(11-16(25)13-31(19)20)30(9-8-24(26,27)28)22(33)35-23(2,3)4/h7-10,13-16H,11-12H2,1-6H3;6-7,10-13H,8-9H2,1-5H3/b8-7+;. The molecule has 0 aliphatic carbocycles. The Morgan fingerprint density at radius 1 is 0.639 bits per heavy atom. The predicted molar refractivity (Wildman–Crippen MR) is 264 cm³/mol. The minimum Gasteiger partial charge on any atom is -0.465 e. The molecular weight excluding hydrogens is 1020 g/mol. The predicted octanol–water partition coefficient (Wildman–Crippen LogP) is 13.4. The average molecular weight is 1070 g/mol. The zero-order valence-corrected chi connectivity index (χ0v) is 43.1. The van der Waals surface area contributed by atoms with Crippen LogP contribution in [-0.4, -0.2) is 93.8 Å². The summed E-state index contributed by atoms with van der Waals surface area (Å²) in [6, 6.07) is 13.4. The first-order valence-electron chi connectivity index (χ1n) is 22.3. The lowest BCUT2D eigenvalue weighted by Crippen LogP contribution is -2.39. The van der Waals surface area contributed by atoms with Crippen molar-refractivity contribution in [3.8, 4) is 22.5 Å². The van der Waals surface area contributed by atoms with Crippen LogP contribution in [0.5, 0.6) is 0 Å². The number of hydrogen-bond acceptors (Lipinski definition) is 10. The lowest BCUT2D eigenvalue weighted by atomic mass is 10.0. The largest absolute Gasteiger partial charge is 0.465 e. The van der Waals surface area contributed by atoms with E-state index in [2.05, 4.69) is 25.9 Å². The van der Waals surface area contributed by atoms with E-state index in [9.17, 15) is 45.5 Å². The fourth-order valence-corrected chi connectivity index (χ4v) is 7.71. The first kappa shape index (κ1) is 56.0. The lowest BCUT2D eigenvalue weighted by Gasteiger charge is -2.28. The molecule has 0 bridgehead atoms. The van der Waals surface area contributed by atoms with Crippen LogP contribution >= 0.6 is 15.9 Å². The molecule has 4 heterocycles. The summed E-state index contributed by atoms with van der Waals surface area (Å²) in [5.41, 5.74) is 4.59. The average Bonchev–Trinajstić information content (AvgIpc) is 3.89. The maximum Gasteiger partial charge on any atom is 0.414 e. The van der Waals surface area contributed by atoms with E-state index >= 15 is 0 Å². The van der Waals surface area contributed by atoms with E-state index in [0.29, 0.717) is 49.2 Å². The number of alkyl halides is 6. The first-order valence-corrected chi connectivity index (χ1v) is 23.1. The molecule has 0 spiro atoms. The van der Waals surface area contributed by atoms with Crippen molar-refractivity contribution in [3.05, 3.63) is 112 Å². The quantitative estimate of drug-likeness (QED) is 0.0698. The molecule has 0 atom stereocenters. The number of carbonyl (C=O) groups is 4. The van der Waals surface area contributed by atoms with Gasteiger partial charge in [-0.25, -0.2) is 29.1 Å². The highest BCUT2D eigenvalue weighted by atomic mass is 79.9. The minimum atomic E-state index is -4.48. The molecule has 6 aromatic rings. The second-order valence-electron chi connectivity index (χ2n) is 18.4. The number of aryl methyl sites for hydroxylation is 2. The molecular formula is C51H55BrF6N6O8. The van der Waals surface area contributed by atoms with Gasteiger partial charge >= 0.3 is 36.5 Å². The number of esters is 2. The molecule has 0 saturated carbocycles. The zero-order valence-electron chi connectivity index (χ0n) is 41.5. The van der Waals surface area contributed by atoms with Crippen LogP contribution in [0, 0.1) is 13.8 Å². The Morgan fingerprint density at radius 2 is 1.04 bits per heavy atom. The van der Waals surface area contributed by atoms with E-state index in [4.69, 9.17) is 18.9 Å². The number of aromatic nitrogens is 4. The van der Waals surface area contributed by atoms with Gasteiger partial charge < -0.3 is 18.9 Å². The van der Waals surface area contributed by atoms with Gasteiger partial charge in [0.1, 0.15) is 11.2 Å². The lowest BCUT2D eigenvalue weighted by molar-refractivity contribution is -0.133. The van der Waals surface area contributed by atoms with Gasteiger partial charge in [-0.3, -0.25) is 18.6 Å². The molecule has 0 N–H and O–H groups in total. The number of fused-ring (bicyclic) bond motifs is 2. The maximum atomic E-state index is 13.2. The molecule has 0 unspecified atom stereocenters. The van der Waals surface area contributed by atoms with Crippen LogP contribution in [0.15, 0.2) is 83.9 Å².